The number of amides is 4. The second-order valence-corrected chi connectivity index (χ2v) is 5.49. The lowest BCUT2D eigenvalue weighted by molar-refractivity contribution is -0.127. The van der Waals surface area contributed by atoms with Gasteiger partial charge in [-0.2, -0.15) is 0 Å². The average molecular weight is 296 g/mol. The van der Waals surface area contributed by atoms with Crippen LogP contribution in [0.3, 0.4) is 0 Å². The van der Waals surface area contributed by atoms with Crippen molar-refractivity contribution in [3.8, 4) is 0 Å². The van der Waals surface area contributed by atoms with E-state index in [4.69, 9.17) is 5.73 Å². The van der Waals surface area contributed by atoms with Crippen LogP contribution >= 0.6 is 11.3 Å². The molecular weight excluding hydrogens is 280 g/mol. The number of carbonyl (C=O) groups is 3. The number of urea groups is 1. The van der Waals surface area contributed by atoms with Crippen LogP contribution in [0.25, 0.3) is 0 Å². The summed E-state index contributed by atoms with van der Waals surface area (Å²) in [7, 11) is 0. The molecule has 1 aromatic heterocycles. The smallest absolute Gasteiger partial charge is 0.314 e. The van der Waals surface area contributed by atoms with E-state index in [1.807, 2.05) is 0 Å². The van der Waals surface area contributed by atoms with E-state index in [2.05, 4.69) is 10.9 Å². The highest BCUT2D eigenvalue weighted by molar-refractivity contribution is 7.12. The van der Waals surface area contributed by atoms with E-state index >= 15 is 0 Å². The van der Waals surface area contributed by atoms with Crippen molar-refractivity contribution in [1.82, 2.24) is 15.8 Å². The zero-order chi connectivity index (χ0) is 14.5. The number of primary amides is 1. The number of carbonyl (C=O) groups excluding carboxylic acids is 3. The van der Waals surface area contributed by atoms with E-state index < -0.39 is 6.03 Å². The number of thiophene rings is 1. The maximum absolute atomic E-state index is 11.9. The van der Waals surface area contributed by atoms with Gasteiger partial charge in [0.25, 0.3) is 5.91 Å². The minimum atomic E-state index is -0.523. The third-order valence-corrected chi connectivity index (χ3v) is 4.02. The number of hydrogen-bond acceptors (Lipinski definition) is 4. The zero-order valence-electron chi connectivity index (χ0n) is 10.8. The van der Waals surface area contributed by atoms with Gasteiger partial charge in [0.1, 0.15) is 0 Å². The fourth-order valence-corrected chi connectivity index (χ4v) is 2.70. The summed E-state index contributed by atoms with van der Waals surface area (Å²) in [5.41, 5.74) is 9.96. The zero-order valence-corrected chi connectivity index (χ0v) is 11.6. The molecule has 0 unspecified atom stereocenters. The summed E-state index contributed by atoms with van der Waals surface area (Å²) < 4.78 is 0. The van der Waals surface area contributed by atoms with Gasteiger partial charge >= 0.3 is 6.03 Å². The van der Waals surface area contributed by atoms with Crippen LogP contribution in [0.1, 0.15) is 22.5 Å². The van der Waals surface area contributed by atoms with E-state index in [9.17, 15) is 14.4 Å². The second kappa shape index (κ2) is 6.38. The van der Waals surface area contributed by atoms with Gasteiger partial charge in [-0.25, -0.2) is 4.79 Å². The van der Waals surface area contributed by atoms with Crippen LogP contribution in [0, 0.1) is 5.92 Å². The van der Waals surface area contributed by atoms with Crippen molar-refractivity contribution < 1.29 is 14.4 Å². The largest absolute Gasteiger partial charge is 0.351 e. The number of piperidine rings is 1. The lowest BCUT2D eigenvalue weighted by Crippen LogP contribution is -2.50. The van der Waals surface area contributed by atoms with Gasteiger partial charge in [0.15, 0.2) is 0 Å². The number of nitrogens with zero attached hydrogens (tertiary/aromatic N) is 1. The molecule has 0 saturated carbocycles. The third kappa shape index (κ3) is 3.47. The van der Waals surface area contributed by atoms with Gasteiger partial charge in [0.05, 0.1) is 10.8 Å². The standard InChI is InChI=1S/C12H16N4O3S/c13-12(19)16-5-1-3-8(7-16)10(17)14-15-11(18)9-4-2-6-20-9/h2,4,6,8H,1,3,5,7H2,(H2,13,19)(H,14,17)(H,15,18)/t8-/m1/s1. The van der Waals surface area contributed by atoms with Crippen molar-refractivity contribution >= 4 is 29.2 Å². The van der Waals surface area contributed by atoms with Crippen molar-refractivity contribution in [2.24, 2.45) is 11.7 Å². The normalized spacial score (nSPS) is 18.4. The molecular formula is C12H16N4O3S. The number of hydrogen-bond donors (Lipinski definition) is 3. The quantitative estimate of drug-likeness (QED) is 0.684. The number of rotatable bonds is 2. The Kier molecular flexibility index (Phi) is 4.57. The van der Waals surface area contributed by atoms with E-state index in [1.165, 1.54) is 16.2 Å². The van der Waals surface area contributed by atoms with Crippen molar-refractivity contribution in [2.45, 2.75) is 12.8 Å². The average Bonchev–Trinajstić information content (AvgIpc) is 2.98. The van der Waals surface area contributed by atoms with Crippen LogP contribution in [0.4, 0.5) is 4.79 Å². The highest BCUT2D eigenvalue weighted by atomic mass is 32.1. The van der Waals surface area contributed by atoms with Gasteiger partial charge in [-0.1, -0.05) is 6.07 Å². The first-order valence-corrected chi connectivity index (χ1v) is 7.14. The van der Waals surface area contributed by atoms with E-state index in [0.29, 0.717) is 17.8 Å². The maximum Gasteiger partial charge on any atom is 0.314 e. The van der Waals surface area contributed by atoms with Crippen LogP contribution in [0.15, 0.2) is 17.5 Å². The summed E-state index contributed by atoms with van der Waals surface area (Å²) in [6.07, 6.45) is 1.39. The number of hydrazine groups is 1. The SMILES string of the molecule is NC(=O)N1CCC[C@@H](C(=O)NNC(=O)c2cccs2)C1. The molecule has 1 aliphatic rings. The first-order valence-electron chi connectivity index (χ1n) is 6.26. The molecule has 2 rings (SSSR count). The molecule has 20 heavy (non-hydrogen) atoms. The van der Waals surface area contributed by atoms with Crippen LogP contribution in [0.2, 0.25) is 0 Å². The van der Waals surface area contributed by atoms with Gasteiger partial charge < -0.3 is 10.6 Å². The second-order valence-electron chi connectivity index (χ2n) is 4.54. The number of nitrogens with one attached hydrogen (secondary N) is 2. The number of likely N-dealkylation sites (tertiary alicyclic amines) is 1. The predicted molar refractivity (Wildman–Crippen MR) is 73.8 cm³/mol. The Morgan fingerprint density at radius 2 is 2.15 bits per heavy atom. The van der Waals surface area contributed by atoms with Crippen LogP contribution in [0.5, 0.6) is 0 Å². The molecule has 2 heterocycles. The summed E-state index contributed by atoms with van der Waals surface area (Å²) in [6, 6.07) is 2.90. The van der Waals surface area contributed by atoms with E-state index in [1.54, 1.807) is 17.5 Å². The monoisotopic (exact) mass is 296 g/mol. The van der Waals surface area contributed by atoms with Crippen molar-refractivity contribution in [3.63, 3.8) is 0 Å². The topological polar surface area (TPSA) is 105 Å². The van der Waals surface area contributed by atoms with E-state index in [0.717, 1.165) is 6.42 Å². The first-order chi connectivity index (χ1) is 9.58. The van der Waals surface area contributed by atoms with Crippen molar-refractivity contribution in [3.05, 3.63) is 22.4 Å². The summed E-state index contributed by atoms with van der Waals surface area (Å²) in [4.78, 5) is 36.7. The molecule has 1 aromatic rings. The molecule has 0 bridgehead atoms. The summed E-state index contributed by atoms with van der Waals surface area (Å²) in [5, 5.41) is 1.78. The Bertz CT molecular complexity index is 503. The first kappa shape index (κ1) is 14.3. The van der Waals surface area contributed by atoms with Gasteiger partial charge in [-0.15, -0.1) is 11.3 Å². The third-order valence-electron chi connectivity index (χ3n) is 3.15. The molecule has 1 aliphatic heterocycles. The minimum absolute atomic E-state index is 0.288. The summed E-state index contributed by atoms with van der Waals surface area (Å²) >= 11 is 1.29. The van der Waals surface area contributed by atoms with Crippen LogP contribution in [-0.4, -0.2) is 35.8 Å². The molecule has 0 aromatic carbocycles. The Hall–Kier alpha value is -2.09. The fourth-order valence-electron chi connectivity index (χ4n) is 2.08. The van der Waals surface area contributed by atoms with Gasteiger partial charge in [-0.05, 0) is 24.3 Å². The Morgan fingerprint density at radius 1 is 1.35 bits per heavy atom. The fraction of sp³-hybridized carbons (Fsp3) is 0.417. The van der Waals surface area contributed by atoms with Crippen LogP contribution < -0.4 is 16.6 Å². The minimum Gasteiger partial charge on any atom is -0.351 e. The van der Waals surface area contributed by atoms with Crippen LogP contribution in [-0.2, 0) is 4.79 Å². The molecule has 1 saturated heterocycles. The van der Waals surface area contributed by atoms with E-state index in [-0.39, 0.29) is 24.3 Å². The molecule has 1 atom stereocenters. The molecule has 7 nitrogen and oxygen atoms in total. The maximum atomic E-state index is 11.9. The Morgan fingerprint density at radius 3 is 2.80 bits per heavy atom. The molecule has 8 heteroatoms. The molecule has 1 fully saturated rings. The molecule has 4 N–H and O–H groups in total. The molecule has 0 aliphatic carbocycles. The Labute approximate surface area is 120 Å². The predicted octanol–water partition coefficient (Wildman–Crippen LogP) is 0.300. The van der Waals surface area contributed by atoms with Crippen molar-refractivity contribution in [1.29, 1.82) is 0 Å². The highest BCUT2D eigenvalue weighted by Gasteiger charge is 2.27. The van der Waals surface area contributed by atoms with Gasteiger partial charge in [0.2, 0.25) is 5.91 Å². The van der Waals surface area contributed by atoms with Crippen molar-refractivity contribution in [2.75, 3.05) is 13.1 Å². The lowest BCUT2D eigenvalue weighted by atomic mass is 9.98. The molecule has 0 radical (unpaired) electrons. The summed E-state index contributed by atoms with van der Waals surface area (Å²) in [5.74, 6) is -1.00. The lowest BCUT2D eigenvalue weighted by Gasteiger charge is -2.30. The number of nitrogens with two attached hydrogens (primary N) is 1. The Balaban J connectivity index is 1.82. The highest BCUT2D eigenvalue weighted by Crippen LogP contribution is 2.16. The van der Waals surface area contributed by atoms with Gasteiger partial charge in [-0.3, -0.25) is 20.4 Å². The summed E-state index contributed by atoms with van der Waals surface area (Å²) in [6.45, 7) is 0.858. The molecule has 4 amide bonds. The molecule has 0 spiro atoms. The van der Waals surface area contributed by atoms with Gasteiger partial charge in [0, 0.05) is 13.1 Å². The molecule has 108 valence electrons.